The van der Waals surface area contributed by atoms with E-state index < -0.39 is 0 Å². The van der Waals surface area contributed by atoms with Gasteiger partial charge in [0.05, 0.1) is 0 Å². The van der Waals surface area contributed by atoms with Crippen LogP contribution >= 0.6 is 11.6 Å². The van der Waals surface area contributed by atoms with Gasteiger partial charge in [0.1, 0.15) is 11.2 Å². The largest absolute Gasteiger partial charge is 0.456 e. The second-order valence-corrected chi connectivity index (χ2v) is 6.04. The third kappa shape index (κ3) is 1.60. The smallest absolute Gasteiger partial charge is 0.136 e. The number of furan rings is 1. The van der Waals surface area contributed by atoms with E-state index in [1.165, 1.54) is 16.2 Å². The molecule has 0 aliphatic heterocycles. The lowest BCUT2D eigenvalue weighted by molar-refractivity contribution is 0.669. The zero-order valence-electron chi connectivity index (χ0n) is 11.6. The lowest BCUT2D eigenvalue weighted by atomic mass is 10.00. The van der Waals surface area contributed by atoms with E-state index in [9.17, 15) is 0 Å². The summed E-state index contributed by atoms with van der Waals surface area (Å²) in [6, 6.07) is 22.8. The average Bonchev–Trinajstić information content (AvgIpc) is 2.90. The van der Waals surface area contributed by atoms with Gasteiger partial charge in [0.25, 0.3) is 0 Å². The molecular formula is C20H11ClO. The van der Waals surface area contributed by atoms with Crippen molar-refractivity contribution in [2.45, 2.75) is 0 Å². The van der Waals surface area contributed by atoms with Gasteiger partial charge in [-0.15, -0.1) is 0 Å². The van der Waals surface area contributed by atoms with Crippen LogP contribution in [0.3, 0.4) is 0 Å². The molecule has 0 amide bonds. The van der Waals surface area contributed by atoms with E-state index in [2.05, 4.69) is 36.4 Å². The van der Waals surface area contributed by atoms with Gasteiger partial charge in [0.15, 0.2) is 0 Å². The molecule has 0 spiro atoms. The van der Waals surface area contributed by atoms with Gasteiger partial charge in [0.2, 0.25) is 0 Å². The second kappa shape index (κ2) is 4.25. The fraction of sp³-hybridized carbons (Fsp3) is 0. The first-order valence-corrected chi connectivity index (χ1v) is 7.61. The third-order valence-electron chi connectivity index (χ3n) is 4.30. The van der Waals surface area contributed by atoms with Crippen LogP contribution in [0, 0.1) is 0 Å². The number of hydrogen-bond donors (Lipinski definition) is 0. The molecule has 0 fully saturated rings. The van der Waals surface area contributed by atoms with Crippen molar-refractivity contribution in [2.24, 2.45) is 0 Å². The van der Waals surface area contributed by atoms with E-state index in [0.717, 1.165) is 32.3 Å². The molecule has 22 heavy (non-hydrogen) atoms. The molecule has 0 bridgehead atoms. The van der Waals surface area contributed by atoms with Crippen molar-refractivity contribution >= 4 is 55.1 Å². The van der Waals surface area contributed by atoms with E-state index in [-0.39, 0.29) is 0 Å². The van der Waals surface area contributed by atoms with Gasteiger partial charge in [-0.1, -0.05) is 48.0 Å². The Kier molecular flexibility index (Phi) is 2.33. The molecule has 1 nitrogen and oxygen atoms in total. The number of benzene rings is 4. The van der Waals surface area contributed by atoms with Crippen molar-refractivity contribution in [1.82, 2.24) is 0 Å². The van der Waals surface area contributed by atoms with E-state index in [1.807, 2.05) is 30.3 Å². The number of fused-ring (bicyclic) bond motifs is 6. The zero-order chi connectivity index (χ0) is 14.7. The minimum atomic E-state index is 0.754. The van der Waals surface area contributed by atoms with Crippen LogP contribution in [-0.2, 0) is 0 Å². The van der Waals surface area contributed by atoms with Crippen LogP contribution in [0.15, 0.2) is 71.1 Å². The molecule has 0 saturated carbocycles. The lowest BCUT2D eigenvalue weighted by Gasteiger charge is -2.04. The van der Waals surface area contributed by atoms with Gasteiger partial charge < -0.3 is 4.42 Å². The van der Waals surface area contributed by atoms with E-state index >= 15 is 0 Å². The molecule has 1 heterocycles. The first-order chi connectivity index (χ1) is 10.8. The Balaban J connectivity index is 2.02. The third-order valence-corrected chi connectivity index (χ3v) is 4.53. The van der Waals surface area contributed by atoms with Crippen LogP contribution in [0.2, 0.25) is 5.02 Å². The number of para-hydroxylation sites is 1. The second-order valence-electron chi connectivity index (χ2n) is 5.60. The fourth-order valence-corrected chi connectivity index (χ4v) is 3.42. The molecule has 0 N–H and O–H groups in total. The SMILES string of the molecule is Clc1ccc2ccc3cc4c(cc3c2c1)oc1ccccc14. The first-order valence-electron chi connectivity index (χ1n) is 7.23. The molecule has 0 radical (unpaired) electrons. The Morgan fingerprint density at radius 2 is 1.36 bits per heavy atom. The van der Waals surface area contributed by atoms with Crippen LogP contribution in [0.4, 0.5) is 0 Å². The fourth-order valence-electron chi connectivity index (χ4n) is 3.25. The number of rotatable bonds is 0. The lowest BCUT2D eigenvalue weighted by Crippen LogP contribution is -1.78. The summed E-state index contributed by atoms with van der Waals surface area (Å²) < 4.78 is 6.01. The zero-order valence-corrected chi connectivity index (χ0v) is 12.4. The van der Waals surface area contributed by atoms with Crippen LogP contribution in [0.25, 0.3) is 43.5 Å². The number of hydrogen-bond acceptors (Lipinski definition) is 1. The highest BCUT2D eigenvalue weighted by molar-refractivity contribution is 6.32. The molecule has 104 valence electrons. The highest BCUT2D eigenvalue weighted by Gasteiger charge is 2.09. The molecule has 2 heteroatoms. The minimum absolute atomic E-state index is 0.754. The summed E-state index contributed by atoms with van der Waals surface area (Å²) in [7, 11) is 0. The normalized spacial score (nSPS) is 11.9. The molecule has 0 unspecified atom stereocenters. The van der Waals surface area contributed by atoms with Gasteiger partial charge in [-0.05, 0) is 51.9 Å². The summed E-state index contributed by atoms with van der Waals surface area (Å²) in [5.74, 6) is 0. The topological polar surface area (TPSA) is 13.1 Å². The molecule has 5 aromatic rings. The molecule has 1 aromatic heterocycles. The van der Waals surface area contributed by atoms with Gasteiger partial charge >= 0.3 is 0 Å². The maximum atomic E-state index is 6.18. The molecule has 0 aliphatic rings. The standard InChI is InChI=1S/C20H11ClO/c21-14-8-7-12-5-6-13-9-18-15-3-1-2-4-19(15)22-20(18)11-17(13)16(12)10-14/h1-11H. The van der Waals surface area contributed by atoms with Gasteiger partial charge in [-0.25, -0.2) is 0 Å². The highest BCUT2D eigenvalue weighted by atomic mass is 35.5. The van der Waals surface area contributed by atoms with E-state index in [4.69, 9.17) is 16.0 Å². The van der Waals surface area contributed by atoms with Crippen molar-refractivity contribution in [2.75, 3.05) is 0 Å². The van der Waals surface area contributed by atoms with Gasteiger partial charge in [-0.3, -0.25) is 0 Å². The summed E-state index contributed by atoms with van der Waals surface area (Å²) in [4.78, 5) is 0. The average molecular weight is 303 g/mol. The summed E-state index contributed by atoms with van der Waals surface area (Å²) in [6.45, 7) is 0. The monoisotopic (exact) mass is 302 g/mol. The van der Waals surface area contributed by atoms with E-state index in [1.54, 1.807) is 0 Å². The van der Waals surface area contributed by atoms with Crippen LogP contribution in [0.1, 0.15) is 0 Å². The van der Waals surface area contributed by atoms with Crippen molar-refractivity contribution in [1.29, 1.82) is 0 Å². The van der Waals surface area contributed by atoms with Crippen LogP contribution in [0.5, 0.6) is 0 Å². The van der Waals surface area contributed by atoms with Crippen molar-refractivity contribution in [3.05, 3.63) is 71.8 Å². The molecule has 0 atom stereocenters. The molecule has 5 rings (SSSR count). The summed E-state index contributed by atoms with van der Waals surface area (Å²) >= 11 is 6.18. The maximum Gasteiger partial charge on any atom is 0.136 e. The van der Waals surface area contributed by atoms with Gasteiger partial charge in [-0.2, -0.15) is 0 Å². The Bertz CT molecular complexity index is 1180. The molecular weight excluding hydrogens is 292 g/mol. The quantitative estimate of drug-likeness (QED) is 0.296. The van der Waals surface area contributed by atoms with Crippen LogP contribution < -0.4 is 0 Å². The van der Waals surface area contributed by atoms with Crippen molar-refractivity contribution < 1.29 is 4.42 Å². The summed E-state index contributed by atoms with van der Waals surface area (Å²) in [6.07, 6.45) is 0. The molecule has 4 aromatic carbocycles. The first kappa shape index (κ1) is 12.1. The molecule has 0 aliphatic carbocycles. The maximum absolute atomic E-state index is 6.18. The van der Waals surface area contributed by atoms with Gasteiger partial charge in [0, 0.05) is 15.8 Å². The Morgan fingerprint density at radius 3 is 2.32 bits per heavy atom. The van der Waals surface area contributed by atoms with Crippen molar-refractivity contribution in [3.63, 3.8) is 0 Å². The Labute approximate surface area is 131 Å². The molecule has 0 saturated heterocycles. The predicted octanol–water partition coefficient (Wildman–Crippen LogP) is 6.55. The highest BCUT2D eigenvalue weighted by Crippen LogP contribution is 2.35. The minimum Gasteiger partial charge on any atom is -0.456 e. The summed E-state index contributed by atoms with van der Waals surface area (Å²) in [5, 5.41) is 7.79. The van der Waals surface area contributed by atoms with Crippen molar-refractivity contribution in [3.8, 4) is 0 Å². The summed E-state index contributed by atoms with van der Waals surface area (Å²) in [5.41, 5.74) is 1.84. The number of halogens is 1. The Morgan fingerprint density at radius 1 is 0.591 bits per heavy atom. The predicted molar refractivity (Wildman–Crippen MR) is 93.7 cm³/mol. The Hall–Kier alpha value is -2.51. The van der Waals surface area contributed by atoms with E-state index in [0.29, 0.717) is 0 Å². The van der Waals surface area contributed by atoms with Crippen LogP contribution in [-0.4, -0.2) is 0 Å².